The molecule has 0 fully saturated rings. The van der Waals surface area contributed by atoms with Crippen molar-refractivity contribution in [3.8, 4) is 0 Å². The molecule has 168 valence electrons. The number of nitrogens with zero attached hydrogens (tertiary/aromatic N) is 2. The second-order valence-corrected chi connectivity index (χ2v) is 9.32. The molecule has 5 rings (SSSR count). The maximum atomic E-state index is 11.9. The molecule has 0 aliphatic carbocycles. The van der Waals surface area contributed by atoms with Crippen LogP contribution < -0.4 is 0 Å². The summed E-state index contributed by atoms with van der Waals surface area (Å²) in [5, 5.41) is 9.77. The molecule has 5 heteroatoms. The lowest BCUT2D eigenvalue weighted by molar-refractivity contribution is 0.0679. The van der Waals surface area contributed by atoms with Gasteiger partial charge in [0.25, 0.3) is 0 Å². The number of aromatic carboxylic acids is 1. The van der Waals surface area contributed by atoms with Gasteiger partial charge in [0.05, 0.1) is 15.8 Å². The van der Waals surface area contributed by atoms with Crippen LogP contribution in [0.2, 0.25) is 0 Å². The summed E-state index contributed by atoms with van der Waals surface area (Å²) in [6, 6.07) is 39.1. The number of aromatic nitrogens is 2. The highest BCUT2D eigenvalue weighted by atomic mass is 32.2. The van der Waals surface area contributed by atoms with E-state index in [0.29, 0.717) is 17.8 Å². The minimum atomic E-state index is -1.01. The predicted molar refractivity (Wildman–Crippen MR) is 138 cm³/mol. The Balaban J connectivity index is 1.59. The molecule has 0 atom stereocenters. The third-order valence-electron chi connectivity index (χ3n) is 6.02. The Bertz CT molecular complexity index is 1300. The SMILES string of the molecule is O=C(O)c1nc2ccccc2n1CCSC(c1ccccc1)(c1ccccc1)c1ccccc1. The predicted octanol–water partition coefficient (Wildman–Crippen LogP) is 6.46. The van der Waals surface area contributed by atoms with Crippen LogP contribution >= 0.6 is 11.8 Å². The van der Waals surface area contributed by atoms with Crippen LogP contribution in [-0.2, 0) is 11.3 Å². The second-order valence-electron chi connectivity index (χ2n) is 8.01. The van der Waals surface area contributed by atoms with E-state index in [0.717, 1.165) is 5.52 Å². The Morgan fingerprint density at radius 2 is 1.21 bits per heavy atom. The van der Waals surface area contributed by atoms with E-state index in [1.165, 1.54) is 16.7 Å². The van der Waals surface area contributed by atoms with Crippen molar-refractivity contribution in [2.45, 2.75) is 11.3 Å². The number of aryl methyl sites for hydroxylation is 1. The number of carboxylic acid groups (broad SMARTS) is 1. The van der Waals surface area contributed by atoms with Crippen molar-refractivity contribution in [2.75, 3.05) is 5.75 Å². The zero-order valence-corrected chi connectivity index (χ0v) is 19.4. The number of fused-ring (bicyclic) bond motifs is 1. The lowest BCUT2D eigenvalue weighted by atomic mass is 9.84. The van der Waals surface area contributed by atoms with E-state index < -0.39 is 10.7 Å². The number of thioether (sulfide) groups is 1. The van der Waals surface area contributed by atoms with E-state index in [1.54, 1.807) is 0 Å². The summed E-state index contributed by atoms with van der Waals surface area (Å²) in [7, 11) is 0. The van der Waals surface area contributed by atoms with Crippen LogP contribution in [0.5, 0.6) is 0 Å². The van der Waals surface area contributed by atoms with Gasteiger partial charge < -0.3 is 9.67 Å². The average Bonchev–Trinajstić information content (AvgIpc) is 3.27. The molecule has 1 N–H and O–H groups in total. The first kappa shape index (κ1) is 22.0. The molecule has 0 radical (unpaired) electrons. The molecule has 4 nitrogen and oxygen atoms in total. The topological polar surface area (TPSA) is 55.1 Å². The van der Waals surface area contributed by atoms with Gasteiger partial charge in [0.1, 0.15) is 0 Å². The van der Waals surface area contributed by atoms with E-state index in [2.05, 4.69) is 77.8 Å². The van der Waals surface area contributed by atoms with Gasteiger partial charge in [0.2, 0.25) is 5.82 Å². The lowest BCUT2D eigenvalue weighted by Crippen LogP contribution is -2.27. The van der Waals surface area contributed by atoms with Crippen LogP contribution in [0.25, 0.3) is 11.0 Å². The molecule has 0 saturated heterocycles. The van der Waals surface area contributed by atoms with Gasteiger partial charge in [-0.25, -0.2) is 9.78 Å². The van der Waals surface area contributed by atoms with Gasteiger partial charge >= 0.3 is 5.97 Å². The van der Waals surface area contributed by atoms with Gasteiger partial charge in [-0.3, -0.25) is 0 Å². The summed E-state index contributed by atoms with van der Waals surface area (Å²) in [4.78, 5) is 16.3. The van der Waals surface area contributed by atoms with E-state index >= 15 is 0 Å². The van der Waals surface area contributed by atoms with Crippen LogP contribution in [0.3, 0.4) is 0 Å². The molecule has 34 heavy (non-hydrogen) atoms. The van der Waals surface area contributed by atoms with Crippen molar-refractivity contribution in [1.29, 1.82) is 0 Å². The smallest absolute Gasteiger partial charge is 0.372 e. The molecule has 0 bridgehead atoms. The molecule has 0 spiro atoms. The molecule has 1 heterocycles. The summed E-state index contributed by atoms with van der Waals surface area (Å²) in [5.41, 5.74) is 5.10. The van der Waals surface area contributed by atoms with Gasteiger partial charge in [-0.2, -0.15) is 0 Å². The highest BCUT2D eigenvalue weighted by Gasteiger charge is 2.36. The second kappa shape index (κ2) is 9.57. The molecular formula is C29H24N2O2S. The zero-order chi connectivity index (χ0) is 23.4. The van der Waals surface area contributed by atoms with Crippen molar-refractivity contribution in [3.05, 3.63) is 138 Å². The maximum Gasteiger partial charge on any atom is 0.372 e. The number of hydrogen-bond donors (Lipinski definition) is 1. The van der Waals surface area contributed by atoms with Crippen molar-refractivity contribution < 1.29 is 9.90 Å². The number of benzene rings is 4. The summed E-state index contributed by atoms with van der Waals surface area (Å²) in [6.45, 7) is 0.529. The van der Waals surface area contributed by atoms with Gasteiger partial charge in [-0.15, -0.1) is 11.8 Å². The number of hydrogen-bond acceptors (Lipinski definition) is 3. The lowest BCUT2D eigenvalue weighted by Gasteiger charge is -2.35. The van der Waals surface area contributed by atoms with Crippen LogP contribution in [0.1, 0.15) is 27.3 Å². The van der Waals surface area contributed by atoms with Crippen molar-refractivity contribution >= 4 is 28.8 Å². The fourth-order valence-electron chi connectivity index (χ4n) is 4.52. The van der Waals surface area contributed by atoms with Gasteiger partial charge in [-0.1, -0.05) is 103 Å². The molecule has 0 amide bonds. The number of para-hydroxylation sites is 2. The van der Waals surface area contributed by atoms with E-state index in [4.69, 9.17) is 0 Å². The van der Waals surface area contributed by atoms with Crippen molar-refractivity contribution in [3.63, 3.8) is 0 Å². The molecular weight excluding hydrogens is 440 g/mol. The minimum Gasteiger partial charge on any atom is -0.475 e. The quantitative estimate of drug-likeness (QED) is 0.268. The van der Waals surface area contributed by atoms with Crippen LogP contribution in [0.4, 0.5) is 0 Å². The summed E-state index contributed by atoms with van der Waals surface area (Å²) < 4.78 is 1.37. The first-order valence-electron chi connectivity index (χ1n) is 11.2. The minimum absolute atomic E-state index is 0.0755. The Hall–Kier alpha value is -3.83. The third kappa shape index (κ3) is 3.99. The normalized spacial score (nSPS) is 11.5. The van der Waals surface area contributed by atoms with Gasteiger partial charge in [-0.05, 0) is 28.8 Å². The van der Waals surface area contributed by atoms with Crippen molar-refractivity contribution in [2.24, 2.45) is 0 Å². The Kier molecular flexibility index (Phi) is 6.19. The van der Waals surface area contributed by atoms with Crippen LogP contribution in [0.15, 0.2) is 115 Å². The molecule has 0 aliphatic rings. The highest BCUT2D eigenvalue weighted by Crippen LogP contribution is 2.48. The Morgan fingerprint density at radius 1 is 0.735 bits per heavy atom. The number of imidazole rings is 1. The third-order valence-corrected chi connectivity index (χ3v) is 7.55. The molecule has 1 aromatic heterocycles. The van der Waals surface area contributed by atoms with Crippen molar-refractivity contribution in [1.82, 2.24) is 9.55 Å². The molecule has 0 saturated carbocycles. The fourth-order valence-corrected chi connectivity index (χ4v) is 6.01. The number of carbonyl (C=O) groups is 1. The maximum absolute atomic E-state index is 11.9. The number of carboxylic acids is 1. The molecule has 0 unspecified atom stereocenters. The zero-order valence-electron chi connectivity index (χ0n) is 18.5. The fraction of sp³-hybridized carbons (Fsp3) is 0.103. The highest BCUT2D eigenvalue weighted by molar-refractivity contribution is 8.00. The standard InChI is InChI=1S/C29H24N2O2S/c32-28(33)27-30-25-18-10-11-19-26(25)31(27)20-21-34-29(22-12-4-1-5-13-22,23-14-6-2-7-15-23)24-16-8-3-9-17-24/h1-19H,20-21H2,(H,32,33). The van der Waals surface area contributed by atoms with Crippen LogP contribution in [-0.4, -0.2) is 26.4 Å². The Morgan fingerprint density at radius 3 is 1.71 bits per heavy atom. The largest absolute Gasteiger partial charge is 0.475 e. The first-order valence-corrected chi connectivity index (χ1v) is 12.2. The summed E-state index contributed by atoms with van der Waals surface area (Å²) in [5.74, 6) is -0.243. The monoisotopic (exact) mass is 464 g/mol. The van der Waals surface area contributed by atoms with E-state index in [9.17, 15) is 9.90 Å². The number of rotatable bonds is 8. The van der Waals surface area contributed by atoms with E-state index in [-0.39, 0.29) is 5.82 Å². The van der Waals surface area contributed by atoms with E-state index in [1.807, 2.05) is 58.8 Å². The molecule has 5 aromatic rings. The summed E-state index contributed by atoms with van der Waals surface area (Å²) >= 11 is 1.81. The van der Waals surface area contributed by atoms with Crippen LogP contribution in [0, 0.1) is 0 Å². The van der Waals surface area contributed by atoms with Gasteiger partial charge in [0.15, 0.2) is 0 Å². The molecule has 4 aromatic carbocycles. The Labute approximate surface area is 202 Å². The van der Waals surface area contributed by atoms with Gasteiger partial charge in [0, 0.05) is 12.3 Å². The summed E-state index contributed by atoms with van der Waals surface area (Å²) in [6.07, 6.45) is 0. The molecule has 0 aliphatic heterocycles. The average molecular weight is 465 g/mol. The first-order chi connectivity index (χ1) is 16.7.